The highest BCUT2D eigenvalue weighted by Gasteiger charge is 2.42. The van der Waals surface area contributed by atoms with Gasteiger partial charge >= 0.3 is 0 Å². The molecule has 1 aliphatic rings. The number of aromatic nitrogens is 2. The van der Waals surface area contributed by atoms with E-state index in [1.165, 1.54) is 5.56 Å². The summed E-state index contributed by atoms with van der Waals surface area (Å²) in [6, 6.07) is 26.8. The molecule has 1 fully saturated rings. The highest BCUT2D eigenvalue weighted by atomic mass is 32.1. The molecule has 1 saturated heterocycles. The minimum atomic E-state index is -0.109. The van der Waals surface area contributed by atoms with Crippen LogP contribution in [0.25, 0.3) is 5.69 Å². The highest BCUT2D eigenvalue weighted by molar-refractivity contribution is 7.80. The first-order valence-corrected chi connectivity index (χ1v) is 11.9. The summed E-state index contributed by atoms with van der Waals surface area (Å²) in [6.07, 6.45) is 3.90. The standard InChI is InChI=1S/C28H28N4OS/c1-19(2)20-13-15-21(16-14-20)32-27(26(30-28(32)34)22-9-6-7-17-29-22)24-11-8-18-31(24)23-10-4-5-12-25(23)33-3/h4-19,26-27H,1-3H3,(H,30,34)/t26-,27+/m0/s1. The Kier molecular flexibility index (Phi) is 6.07. The number of benzene rings is 2. The summed E-state index contributed by atoms with van der Waals surface area (Å²) in [4.78, 5) is 6.88. The summed E-state index contributed by atoms with van der Waals surface area (Å²) in [5.41, 5.74) is 5.39. The van der Waals surface area contributed by atoms with Gasteiger partial charge in [0.2, 0.25) is 0 Å². The number of anilines is 1. The number of hydrogen-bond acceptors (Lipinski definition) is 3. The predicted octanol–water partition coefficient (Wildman–Crippen LogP) is 6.18. The number of hydrogen-bond donors (Lipinski definition) is 1. The third-order valence-electron chi connectivity index (χ3n) is 6.36. The average Bonchev–Trinajstić information content (AvgIpc) is 3.48. The summed E-state index contributed by atoms with van der Waals surface area (Å²) in [6.45, 7) is 4.41. The molecule has 6 heteroatoms. The molecule has 0 saturated carbocycles. The van der Waals surface area contributed by atoms with Crippen molar-refractivity contribution in [2.24, 2.45) is 0 Å². The van der Waals surface area contributed by atoms with E-state index < -0.39 is 0 Å². The van der Waals surface area contributed by atoms with E-state index in [0.29, 0.717) is 11.0 Å². The third-order valence-corrected chi connectivity index (χ3v) is 6.68. The van der Waals surface area contributed by atoms with Crippen LogP contribution in [-0.4, -0.2) is 21.8 Å². The second-order valence-electron chi connectivity index (χ2n) is 8.72. The Morgan fingerprint density at radius 1 is 0.941 bits per heavy atom. The maximum absolute atomic E-state index is 5.90. The fourth-order valence-electron chi connectivity index (χ4n) is 4.64. The molecule has 0 amide bonds. The smallest absolute Gasteiger partial charge is 0.174 e. The number of pyridine rings is 1. The quantitative estimate of drug-likeness (QED) is 0.342. The van der Waals surface area contributed by atoms with Crippen LogP contribution in [0.5, 0.6) is 5.75 Å². The van der Waals surface area contributed by atoms with E-state index >= 15 is 0 Å². The van der Waals surface area contributed by atoms with Gasteiger partial charge in [0.15, 0.2) is 5.11 Å². The number of nitrogens with one attached hydrogen (secondary N) is 1. The topological polar surface area (TPSA) is 42.3 Å². The van der Waals surface area contributed by atoms with E-state index in [4.69, 9.17) is 17.0 Å². The molecule has 1 aliphatic heterocycles. The lowest BCUT2D eigenvalue weighted by Gasteiger charge is -2.29. The summed E-state index contributed by atoms with van der Waals surface area (Å²) in [5, 5.41) is 4.24. The molecule has 5 rings (SSSR count). The normalized spacial score (nSPS) is 17.8. The van der Waals surface area contributed by atoms with Crippen LogP contribution in [0.3, 0.4) is 0 Å². The lowest BCUT2D eigenvalue weighted by atomic mass is 9.99. The van der Waals surface area contributed by atoms with E-state index in [-0.39, 0.29) is 12.1 Å². The molecular weight excluding hydrogens is 440 g/mol. The number of nitrogens with zero attached hydrogens (tertiary/aromatic N) is 3. The van der Waals surface area contributed by atoms with E-state index in [2.05, 4.69) is 88.3 Å². The first kappa shape index (κ1) is 22.2. The molecule has 1 N–H and O–H groups in total. The first-order chi connectivity index (χ1) is 16.6. The molecule has 3 heterocycles. The van der Waals surface area contributed by atoms with Crippen molar-refractivity contribution >= 4 is 23.0 Å². The van der Waals surface area contributed by atoms with Gasteiger partial charge in [0.1, 0.15) is 11.8 Å². The van der Waals surface area contributed by atoms with Gasteiger partial charge in [0.25, 0.3) is 0 Å². The van der Waals surface area contributed by atoms with Gasteiger partial charge in [-0.25, -0.2) is 0 Å². The summed E-state index contributed by atoms with van der Waals surface area (Å²) >= 11 is 5.90. The van der Waals surface area contributed by atoms with E-state index in [1.54, 1.807) is 7.11 Å². The Morgan fingerprint density at radius 3 is 2.41 bits per heavy atom. The van der Waals surface area contributed by atoms with Gasteiger partial charge in [-0.05, 0) is 72.2 Å². The van der Waals surface area contributed by atoms with Crippen LogP contribution in [0.15, 0.2) is 91.3 Å². The van der Waals surface area contributed by atoms with Crippen molar-refractivity contribution in [1.82, 2.24) is 14.9 Å². The van der Waals surface area contributed by atoms with Crippen LogP contribution < -0.4 is 15.0 Å². The largest absolute Gasteiger partial charge is 0.495 e. The van der Waals surface area contributed by atoms with Crippen molar-refractivity contribution in [2.75, 3.05) is 12.0 Å². The molecule has 172 valence electrons. The van der Waals surface area contributed by atoms with Crippen LogP contribution in [0.1, 0.15) is 48.8 Å². The Bertz CT molecular complexity index is 1280. The molecule has 2 aromatic carbocycles. The summed E-state index contributed by atoms with van der Waals surface area (Å²) < 4.78 is 7.86. The average molecular weight is 469 g/mol. The first-order valence-electron chi connectivity index (χ1n) is 11.5. The molecular formula is C28H28N4OS. The van der Waals surface area contributed by atoms with Gasteiger partial charge in [-0.3, -0.25) is 4.98 Å². The van der Waals surface area contributed by atoms with Crippen molar-refractivity contribution in [3.63, 3.8) is 0 Å². The fourth-order valence-corrected chi connectivity index (χ4v) is 4.98. The maximum atomic E-state index is 5.90. The second kappa shape index (κ2) is 9.31. The summed E-state index contributed by atoms with van der Waals surface area (Å²) in [7, 11) is 1.70. The van der Waals surface area contributed by atoms with E-state index in [0.717, 1.165) is 28.5 Å². The van der Waals surface area contributed by atoms with Crippen LogP contribution in [-0.2, 0) is 0 Å². The minimum absolute atomic E-state index is 0.104. The molecule has 5 nitrogen and oxygen atoms in total. The van der Waals surface area contributed by atoms with Crippen LogP contribution in [0.2, 0.25) is 0 Å². The van der Waals surface area contributed by atoms with Gasteiger partial charge in [-0.15, -0.1) is 0 Å². The Hall–Kier alpha value is -3.64. The number of ether oxygens (including phenoxy) is 1. The zero-order valence-corrected chi connectivity index (χ0v) is 20.4. The molecule has 0 bridgehead atoms. The lowest BCUT2D eigenvalue weighted by molar-refractivity contribution is 0.412. The molecule has 0 spiro atoms. The van der Waals surface area contributed by atoms with Crippen molar-refractivity contribution in [2.45, 2.75) is 31.8 Å². The third kappa shape index (κ3) is 3.94. The van der Waals surface area contributed by atoms with Crippen molar-refractivity contribution in [1.29, 1.82) is 0 Å². The monoisotopic (exact) mass is 468 g/mol. The fraction of sp³-hybridized carbons (Fsp3) is 0.214. The zero-order valence-electron chi connectivity index (χ0n) is 19.6. The zero-order chi connectivity index (χ0) is 23.7. The molecule has 0 unspecified atom stereocenters. The minimum Gasteiger partial charge on any atom is -0.495 e. The summed E-state index contributed by atoms with van der Waals surface area (Å²) in [5.74, 6) is 1.29. The van der Waals surface area contributed by atoms with Crippen LogP contribution in [0, 0.1) is 0 Å². The number of methoxy groups -OCH3 is 1. The molecule has 4 aromatic rings. The molecule has 2 atom stereocenters. The van der Waals surface area contributed by atoms with Gasteiger partial charge < -0.3 is 19.5 Å². The van der Waals surface area contributed by atoms with Crippen molar-refractivity contribution in [3.05, 3.63) is 108 Å². The van der Waals surface area contributed by atoms with Crippen molar-refractivity contribution < 1.29 is 4.74 Å². The SMILES string of the molecule is COc1ccccc1-n1cccc1[C@@H]1[C@H](c2ccccn2)NC(=S)N1c1ccc(C(C)C)cc1. The van der Waals surface area contributed by atoms with Gasteiger partial charge in [-0.2, -0.15) is 0 Å². The van der Waals surface area contributed by atoms with Crippen LogP contribution >= 0.6 is 12.2 Å². The van der Waals surface area contributed by atoms with Gasteiger partial charge in [-0.1, -0.05) is 44.2 Å². The Balaban J connectivity index is 1.66. The molecule has 34 heavy (non-hydrogen) atoms. The lowest BCUT2D eigenvalue weighted by Crippen LogP contribution is -2.30. The number of para-hydroxylation sites is 2. The Morgan fingerprint density at radius 2 is 1.71 bits per heavy atom. The maximum Gasteiger partial charge on any atom is 0.174 e. The second-order valence-corrected chi connectivity index (χ2v) is 9.10. The predicted molar refractivity (Wildman–Crippen MR) is 141 cm³/mol. The highest BCUT2D eigenvalue weighted by Crippen LogP contribution is 2.43. The van der Waals surface area contributed by atoms with Gasteiger partial charge in [0, 0.05) is 23.8 Å². The molecule has 2 aromatic heterocycles. The van der Waals surface area contributed by atoms with Crippen molar-refractivity contribution in [3.8, 4) is 11.4 Å². The van der Waals surface area contributed by atoms with Gasteiger partial charge in [0.05, 0.1) is 24.5 Å². The molecule has 0 aliphatic carbocycles. The van der Waals surface area contributed by atoms with Crippen LogP contribution in [0.4, 0.5) is 5.69 Å². The molecule has 0 radical (unpaired) electrons. The Labute approximate surface area is 206 Å². The number of rotatable bonds is 6. The van der Waals surface area contributed by atoms with E-state index in [9.17, 15) is 0 Å². The van der Waals surface area contributed by atoms with E-state index in [1.807, 2.05) is 36.5 Å². The number of thiocarbonyl (C=S) groups is 1.